The van der Waals surface area contributed by atoms with Crippen LogP contribution in [0.3, 0.4) is 0 Å². The number of aromatic nitrogens is 3. The van der Waals surface area contributed by atoms with Gasteiger partial charge in [-0.3, -0.25) is 9.78 Å². The van der Waals surface area contributed by atoms with Crippen LogP contribution in [0.2, 0.25) is 5.02 Å². The van der Waals surface area contributed by atoms with Crippen molar-refractivity contribution in [3.8, 4) is 28.5 Å². The average molecular weight is 453 g/mol. The van der Waals surface area contributed by atoms with E-state index in [0.717, 1.165) is 17.7 Å². The standard InChI is InChI=1S/C24H25ClN4O3/c1-4-11-32-17-8-6-16(7-9-17)20-26-21(28-23(31)27-20)18-12-15(5-10-19(18)25)13-29-14-24(2,3)22(29)30/h5-10,12H,4,11,13-14H2,1-3H3,(H,26,27,28,31). The molecular weight excluding hydrogens is 428 g/mol. The lowest BCUT2D eigenvalue weighted by Crippen LogP contribution is -2.57. The fourth-order valence-corrected chi connectivity index (χ4v) is 3.92. The van der Waals surface area contributed by atoms with Gasteiger partial charge in [0.2, 0.25) is 5.91 Å². The normalized spacial score (nSPS) is 14.9. The van der Waals surface area contributed by atoms with Crippen LogP contribution in [-0.4, -0.2) is 38.9 Å². The van der Waals surface area contributed by atoms with Gasteiger partial charge in [0.1, 0.15) is 11.6 Å². The zero-order valence-electron chi connectivity index (χ0n) is 18.3. The largest absolute Gasteiger partial charge is 0.494 e. The minimum absolute atomic E-state index is 0.123. The minimum atomic E-state index is -0.516. The molecule has 0 unspecified atom stereocenters. The second-order valence-electron chi connectivity index (χ2n) is 8.56. The predicted octanol–water partition coefficient (Wildman–Crippen LogP) is 4.31. The van der Waals surface area contributed by atoms with Crippen molar-refractivity contribution in [2.24, 2.45) is 5.41 Å². The molecular formula is C24H25ClN4O3. The molecule has 7 nitrogen and oxygen atoms in total. The Morgan fingerprint density at radius 1 is 1.12 bits per heavy atom. The average Bonchev–Trinajstić information content (AvgIpc) is 2.78. The molecule has 0 aliphatic carbocycles. The molecule has 1 aromatic heterocycles. The van der Waals surface area contributed by atoms with Gasteiger partial charge >= 0.3 is 5.69 Å². The fourth-order valence-electron chi connectivity index (χ4n) is 3.71. The third-order valence-corrected chi connectivity index (χ3v) is 5.68. The number of carbonyl (C=O) groups is 1. The number of aromatic amines is 1. The summed E-state index contributed by atoms with van der Waals surface area (Å²) in [6.07, 6.45) is 0.922. The molecule has 3 aromatic rings. The van der Waals surface area contributed by atoms with E-state index >= 15 is 0 Å². The van der Waals surface area contributed by atoms with Crippen molar-refractivity contribution in [1.29, 1.82) is 0 Å². The Labute approximate surface area is 191 Å². The number of amides is 1. The Morgan fingerprint density at radius 3 is 2.53 bits per heavy atom. The van der Waals surface area contributed by atoms with Crippen LogP contribution in [0, 0.1) is 5.41 Å². The SMILES string of the molecule is CCCOc1ccc(-c2nc(-c3cc(CN4CC(C)(C)C4=O)ccc3Cl)[nH]c(=O)n2)cc1. The van der Waals surface area contributed by atoms with E-state index in [-0.39, 0.29) is 11.3 Å². The number of nitrogens with zero attached hydrogens (tertiary/aromatic N) is 3. The maximum atomic E-state index is 12.3. The second-order valence-corrected chi connectivity index (χ2v) is 8.97. The zero-order chi connectivity index (χ0) is 22.9. The molecule has 1 aliphatic rings. The maximum Gasteiger partial charge on any atom is 0.348 e. The van der Waals surface area contributed by atoms with E-state index in [1.54, 1.807) is 11.0 Å². The third-order valence-electron chi connectivity index (χ3n) is 5.35. The number of nitrogens with one attached hydrogen (secondary N) is 1. The van der Waals surface area contributed by atoms with E-state index in [0.29, 0.717) is 47.5 Å². The molecule has 0 spiro atoms. The number of halogens is 1. The van der Waals surface area contributed by atoms with Gasteiger partial charge in [0, 0.05) is 24.2 Å². The van der Waals surface area contributed by atoms with Crippen molar-refractivity contribution in [1.82, 2.24) is 19.9 Å². The molecule has 0 radical (unpaired) electrons. The summed E-state index contributed by atoms with van der Waals surface area (Å²) in [5.74, 6) is 1.50. The predicted molar refractivity (Wildman–Crippen MR) is 124 cm³/mol. The van der Waals surface area contributed by atoms with Gasteiger partial charge in [-0.15, -0.1) is 0 Å². The van der Waals surface area contributed by atoms with Crippen molar-refractivity contribution in [3.05, 3.63) is 63.5 Å². The first-order valence-electron chi connectivity index (χ1n) is 10.6. The summed E-state index contributed by atoms with van der Waals surface area (Å²) >= 11 is 6.43. The molecule has 2 heterocycles. The smallest absolute Gasteiger partial charge is 0.348 e. The lowest BCUT2D eigenvalue weighted by molar-refractivity contribution is -0.157. The summed E-state index contributed by atoms with van der Waals surface area (Å²) in [5.41, 5.74) is 1.37. The number of rotatable bonds is 7. The molecule has 0 saturated carbocycles. The number of carbonyl (C=O) groups excluding carboxylic acids is 1. The number of hydrogen-bond donors (Lipinski definition) is 1. The van der Waals surface area contributed by atoms with Gasteiger partial charge in [-0.25, -0.2) is 9.78 Å². The van der Waals surface area contributed by atoms with Crippen molar-refractivity contribution >= 4 is 17.5 Å². The van der Waals surface area contributed by atoms with Gasteiger partial charge in [0.15, 0.2) is 5.82 Å². The van der Waals surface area contributed by atoms with Crippen LogP contribution >= 0.6 is 11.6 Å². The summed E-state index contributed by atoms with van der Waals surface area (Å²) in [5, 5.41) is 0.452. The Kier molecular flexibility index (Phi) is 6.02. The highest BCUT2D eigenvalue weighted by Crippen LogP contribution is 2.33. The lowest BCUT2D eigenvalue weighted by atomic mass is 9.83. The molecule has 8 heteroatoms. The number of ether oxygens (including phenoxy) is 1. The first-order valence-corrected chi connectivity index (χ1v) is 10.9. The Balaban J connectivity index is 1.62. The molecule has 2 aromatic carbocycles. The van der Waals surface area contributed by atoms with E-state index in [2.05, 4.69) is 15.0 Å². The second kappa shape index (κ2) is 8.74. The highest BCUT2D eigenvalue weighted by Gasteiger charge is 2.43. The number of likely N-dealkylation sites (tertiary alicyclic amines) is 1. The summed E-state index contributed by atoms with van der Waals surface area (Å²) < 4.78 is 5.60. The topological polar surface area (TPSA) is 88.2 Å². The van der Waals surface area contributed by atoms with Gasteiger partial charge in [-0.1, -0.05) is 24.6 Å². The highest BCUT2D eigenvalue weighted by atomic mass is 35.5. The van der Waals surface area contributed by atoms with Gasteiger partial charge < -0.3 is 9.64 Å². The monoisotopic (exact) mass is 452 g/mol. The van der Waals surface area contributed by atoms with Crippen LogP contribution in [0.5, 0.6) is 5.75 Å². The molecule has 1 amide bonds. The number of β-lactam (4-membered cyclic amide) rings is 1. The first kappa shape index (κ1) is 22.0. The summed E-state index contributed by atoms with van der Waals surface area (Å²) in [4.78, 5) is 37.6. The molecule has 166 valence electrons. The number of benzene rings is 2. The highest BCUT2D eigenvalue weighted by molar-refractivity contribution is 6.33. The van der Waals surface area contributed by atoms with Crippen LogP contribution < -0.4 is 10.4 Å². The lowest BCUT2D eigenvalue weighted by Gasteiger charge is -2.44. The first-order chi connectivity index (χ1) is 15.3. The van der Waals surface area contributed by atoms with Crippen molar-refractivity contribution < 1.29 is 9.53 Å². The molecule has 32 heavy (non-hydrogen) atoms. The molecule has 1 fully saturated rings. The fraction of sp³-hybridized carbons (Fsp3) is 0.333. The van der Waals surface area contributed by atoms with Crippen LogP contribution in [0.4, 0.5) is 0 Å². The summed E-state index contributed by atoms with van der Waals surface area (Å²) in [7, 11) is 0. The van der Waals surface area contributed by atoms with Gasteiger partial charge in [-0.2, -0.15) is 4.98 Å². The zero-order valence-corrected chi connectivity index (χ0v) is 19.1. The van der Waals surface area contributed by atoms with Gasteiger partial charge in [0.25, 0.3) is 0 Å². The van der Waals surface area contributed by atoms with E-state index in [1.165, 1.54) is 0 Å². The molecule has 0 bridgehead atoms. The Bertz CT molecular complexity index is 1200. The molecule has 0 atom stereocenters. The van der Waals surface area contributed by atoms with Crippen molar-refractivity contribution in [2.75, 3.05) is 13.2 Å². The minimum Gasteiger partial charge on any atom is -0.494 e. The van der Waals surface area contributed by atoms with Crippen LogP contribution in [0.1, 0.15) is 32.8 Å². The molecule has 1 N–H and O–H groups in total. The molecule has 1 saturated heterocycles. The summed E-state index contributed by atoms with van der Waals surface area (Å²) in [6.45, 7) is 7.75. The van der Waals surface area contributed by atoms with Crippen LogP contribution in [0.25, 0.3) is 22.8 Å². The van der Waals surface area contributed by atoms with E-state index in [9.17, 15) is 9.59 Å². The Morgan fingerprint density at radius 2 is 1.88 bits per heavy atom. The van der Waals surface area contributed by atoms with Gasteiger partial charge in [-0.05, 0) is 62.2 Å². The summed E-state index contributed by atoms with van der Waals surface area (Å²) in [6, 6.07) is 12.8. The van der Waals surface area contributed by atoms with E-state index < -0.39 is 5.69 Å². The van der Waals surface area contributed by atoms with Gasteiger partial charge in [0.05, 0.1) is 17.0 Å². The number of hydrogen-bond acceptors (Lipinski definition) is 5. The van der Waals surface area contributed by atoms with Crippen LogP contribution in [-0.2, 0) is 11.3 Å². The third kappa shape index (κ3) is 4.53. The van der Waals surface area contributed by atoms with E-state index in [1.807, 2.05) is 57.2 Å². The maximum absolute atomic E-state index is 12.3. The Hall–Kier alpha value is -3.19. The molecule has 4 rings (SSSR count). The quantitative estimate of drug-likeness (QED) is 0.539. The van der Waals surface area contributed by atoms with Crippen LogP contribution in [0.15, 0.2) is 47.3 Å². The van der Waals surface area contributed by atoms with Crippen molar-refractivity contribution in [3.63, 3.8) is 0 Å². The molecule has 1 aliphatic heterocycles. The van der Waals surface area contributed by atoms with E-state index in [4.69, 9.17) is 16.3 Å². The van der Waals surface area contributed by atoms with Crippen molar-refractivity contribution in [2.45, 2.75) is 33.7 Å². The number of H-pyrrole nitrogens is 1.